The number of rotatable bonds is 5. The lowest BCUT2D eigenvalue weighted by atomic mass is 10.0. The van der Waals surface area contributed by atoms with Crippen LogP contribution in [0.25, 0.3) is 0 Å². The van der Waals surface area contributed by atoms with Crippen LogP contribution in [-0.4, -0.2) is 12.1 Å². The maximum absolute atomic E-state index is 5.27. The average Bonchev–Trinajstić information content (AvgIpc) is 2.47. The van der Waals surface area contributed by atoms with Crippen molar-refractivity contribution in [2.24, 2.45) is 0 Å². The van der Waals surface area contributed by atoms with Crippen molar-refractivity contribution in [3.8, 4) is 5.88 Å². The fourth-order valence-corrected chi connectivity index (χ4v) is 2.16. The van der Waals surface area contributed by atoms with Gasteiger partial charge in [0.2, 0.25) is 5.88 Å². The summed E-state index contributed by atoms with van der Waals surface area (Å²) in [6.45, 7) is 7.20. The Bertz CT molecular complexity index is 581. The van der Waals surface area contributed by atoms with Crippen LogP contribution in [0.1, 0.15) is 35.2 Å². The molecule has 1 heterocycles. The van der Waals surface area contributed by atoms with E-state index >= 15 is 0 Å². The zero-order valence-corrected chi connectivity index (χ0v) is 12.6. The summed E-state index contributed by atoms with van der Waals surface area (Å²) in [4.78, 5) is 4.21. The summed E-state index contributed by atoms with van der Waals surface area (Å²) < 4.78 is 5.27. The number of nitrogens with one attached hydrogen (secondary N) is 1. The van der Waals surface area contributed by atoms with E-state index in [1.807, 2.05) is 12.1 Å². The first-order valence-corrected chi connectivity index (χ1v) is 6.90. The number of aryl methyl sites for hydroxylation is 2. The molecule has 0 saturated carbocycles. The Morgan fingerprint density at radius 2 is 2.00 bits per heavy atom. The minimum absolute atomic E-state index is 0.291. The van der Waals surface area contributed by atoms with Crippen LogP contribution in [0.5, 0.6) is 5.88 Å². The highest BCUT2D eigenvalue weighted by Crippen LogP contribution is 2.19. The van der Waals surface area contributed by atoms with E-state index in [0.29, 0.717) is 11.9 Å². The van der Waals surface area contributed by atoms with Crippen molar-refractivity contribution < 1.29 is 4.74 Å². The molecule has 0 fully saturated rings. The van der Waals surface area contributed by atoms with Gasteiger partial charge in [0, 0.05) is 24.3 Å². The summed E-state index contributed by atoms with van der Waals surface area (Å²) in [6.07, 6.45) is 1.75. The Labute approximate surface area is 121 Å². The third-order valence-corrected chi connectivity index (χ3v) is 3.67. The minimum atomic E-state index is 0.291. The molecule has 1 aromatic carbocycles. The van der Waals surface area contributed by atoms with Crippen molar-refractivity contribution >= 4 is 0 Å². The van der Waals surface area contributed by atoms with Crippen LogP contribution in [0.3, 0.4) is 0 Å². The number of methoxy groups -OCH3 is 1. The van der Waals surface area contributed by atoms with Gasteiger partial charge in [0.05, 0.1) is 7.11 Å². The van der Waals surface area contributed by atoms with Crippen LogP contribution in [0, 0.1) is 13.8 Å². The van der Waals surface area contributed by atoms with Crippen molar-refractivity contribution in [2.75, 3.05) is 7.11 Å². The van der Waals surface area contributed by atoms with Gasteiger partial charge in [-0.2, -0.15) is 0 Å². The molecule has 2 aromatic rings. The molecule has 1 unspecified atom stereocenters. The predicted molar refractivity (Wildman–Crippen MR) is 82.0 cm³/mol. The summed E-state index contributed by atoms with van der Waals surface area (Å²) in [5.41, 5.74) is 5.03. The van der Waals surface area contributed by atoms with Crippen LogP contribution in [0.2, 0.25) is 0 Å². The molecule has 0 aliphatic carbocycles. The first-order chi connectivity index (χ1) is 9.61. The van der Waals surface area contributed by atoms with Gasteiger partial charge in [-0.15, -0.1) is 0 Å². The number of hydrogen-bond acceptors (Lipinski definition) is 3. The molecule has 1 aromatic heterocycles. The Morgan fingerprint density at radius 1 is 1.20 bits per heavy atom. The molecule has 0 bridgehead atoms. The average molecular weight is 270 g/mol. The zero-order chi connectivity index (χ0) is 14.5. The highest BCUT2D eigenvalue weighted by Gasteiger charge is 2.08. The summed E-state index contributed by atoms with van der Waals surface area (Å²) in [6, 6.07) is 10.9. The molecule has 0 aliphatic rings. The number of aromatic nitrogens is 1. The van der Waals surface area contributed by atoms with Gasteiger partial charge >= 0.3 is 0 Å². The maximum Gasteiger partial charge on any atom is 0.217 e. The molecule has 2 rings (SSSR count). The van der Waals surface area contributed by atoms with Crippen LogP contribution >= 0.6 is 0 Å². The number of hydrogen-bond donors (Lipinski definition) is 1. The smallest absolute Gasteiger partial charge is 0.217 e. The SMILES string of the molecule is COc1ncccc1CNC(C)c1ccc(C)c(C)c1. The highest BCUT2D eigenvalue weighted by atomic mass is 16.5. The molecule has 0 spiro atoms. The van der Waals surface area contributed by atoms with Gasteiger partial charge in [0.25, 0.3) is 0 Å². The third kappa shape index (κ3) is 3.36. The molecule has 3 nitrogen and oxygen atoms in total. The Kier molecular flexibility index (Phi) is 4.74. The van der Waals surface area contributed by atoms with Crippen molar-refractivity contribution in [2.45, 2.75) is 33.4 Å². The van der Waals surface area contributed by atoms with Gasteiger partial charge in [-0.25, -0.2) is 4.98 Å². The highest BCUT2D eigenvalue weighted by molar-refractivity contribution is 5.32. The second-order valence-corrected chi connectivity index (χ2v) is 5.12. The Hall–Kier alpha value is -1.87. The largest absolute Gasteiger partial charge is 0.481 e. The van der Waals surface area contributed by atoms with Crippen molar-refractivity contribution in [1.29, 1.82) is 0 Å². The number of pyridine rings is 1. The topological polar surface area (TPSA) is 34.1 Å². The molecular formula is C17H22N2O. The first kappa shape index (κ1) is 14.5. The summed E-state index contributed by atoms with van der Waals surface area (Å²) in [5.74, 6) is 0.687. The van der Waals surface area contributed by atoms with Crippen LogP contribution in [0.4, 0.5) is 0 Å². The normalized spacial score (nSPS) is 12.2. The fourth-order valence-electron chi connectivity index (χ4n) is 2.16. The van der Waals surface area contributed by atoms with Gasteiger partial charge in [-0.3, -0.25) is 0 Å². The monoisotopic (exact) mass is 270 g/mol. The van der Waals surface area contributed by atoms with Gasteiger partial charge in [-0.05, 0) is 43.5 Å². The molecule has 3 heteroatoms. The number of nitrogens with zero attached hydrogens (tertiary/aromatic N) is 1. The minimum Gasteiger partial charge on any atom is -0.481 e. The van der Waals surface area contributed by atoms with E-state index in [1.165, 1.54) is 16.7 Å². The molecule has 106 valence electrons. The van der Waals surface area contributed by atoms with Crippen molar-refractivity contribution in [3.05, 3.63) is 58.8 Å². The standard InChI is InChI=1S/C17H22N2O/c1-12-7-8-15(10-13(12)2)14(3)19-11-16-6-5-9-18-17(16)20-4/h5-10,14,19H,11H2,1-4H3. The molecule has 0 aliphatic heterocycles. The predicted octanol–water partition coefficient (Wildman–Crippen LogP) is 3.56. The first-order valence-electron chi connectivity index (χ1n) is 6.90. The second kappa shape index (κ2) is 6.53. The van der Waals surface area contributed by atoms with Gasteiger partial charge in [0.1, 0.15) is 0 Å². The van der Waals surface area contributed by atoms with Crippen LogP contribution in [-0.2, 0) is 6.54 Å². The Morgan fingerprint density at radius 3 is 2.70 bits per heavy atom. The van der Waals surface area contributed by atoms with E-state index in [2.05, 4.69) is 49.3 Å². The molecule has 0 radical (unpaired) electrons. The van der Waals surface area contributed by atoms with Gasteiger partial charge < -0.3 is 10.1 Å². The summed E-state index contributed by atoms with van der Waals surface area (Å²) in [7, 11) is 1.65. The van der Waals surface area contributed by atoms with Gasteiger partial charge in [0.15, 0.2) is 0 Å². The number of ether oxygens (including phenoxy) is 1. The lowest BCUT2D eigenvalue weighted by Gasteiger charge is -2.16. The molecule has 1 N–H and O–H groups in total. The maximum atomic E-state index is 5.27. The van der Waals surface area contributed by atoms with Crippen molar-refractivity contribution in [3.63, 3.8) is 0 Å². The van der Waals surface area contributed by atoms with Crippen LogP contribution < -0.4 is 10.1 Å². The molecule has 0 amide bonds. The lowest BCUT2D eigenvalue weighted by Crippen LogP contribution is -2.18. The van der Waals surface area contributed by atoms with Crippen molar-refractivity contribution in [1.82, 2.24) is 10.3 Å². The van der Waals surface area contributed by atoms with Crippen LogP contribution in [0.15, 0.2) is 36.5 Å². The van der Waals surface area contributed by atoms with E-state index in [9.17, 15) is 0 Å². The summed E-state index contributed by atoms with van der Waals surface area (Å²) in [5, 5.41) is 3.52. The molecule has 1 atom stereocenters. The lowest BCUT2D eigenvalue weighted by molar-refractivity contribution is 0.389. The van der Waals surface area contributed by atoms with E-state index in [0.717, 1.165) is 12.1 Å². The quantitative estimate of drug-likeness (QED) is 0.902. The summed E-state index contributed by atoms with van der Waals surface area (Å²) >= 11 is 0. The van der Waals surface area contributed by atoms with E-state index in [1.54, 1.807) is 13.3 Å². The van der Waals surface area contributed by atoms with E-state index in [-0.39, 0.29) is 0 Å². The van der Waals surface area contributed by atoms with E-state index < -0.39 is 0 Å². The number of benzene rings is 1. The van der Waals surface area contributed by atoms with E-state index in [4.69, 9.17) is 4.74 Å². The molecule has 20 heavy (non-hydrogen) atoms. The second-order valence-electron chi connectivity index (χ2n) is 5.12. The third-order valence-electron chi connectivity index (χ3n) is 3.67. The molecular weight excluding hydrogens is 248 g/mol. The fraction of sp³-hybridized carbons (Fsp3) is 0.353. The zero-order valence-electron chi connectivity index (χ0n) is 12.6. The molecule has 0 saturated heterocycles. The Balaban J connectivity index is 2.04. The van der Waals surface area contributed by atoms with Gasteiger partial charge in [-0.1, -0.05) is 24.3 Å².